The van der Waals surface area contributed by atoms with Gasteiger partial charge in [0.1, 0.15) is 11.5 Å². The number of carbonyl (C=O) groups excluding carboxylic acids is 2. The van der Waals surface area contributed by atoms with Gasteiger partial charge in [-0.25, -0.2) is 9.29 Å². The fourth-order valence-electron chi connectivity index (χ4n) is 2.74. The fourth-order valence-corrected chi connectivity index (χ4v) is 2.74. The van der Waals surface area contributed by atoms with Gasteiger partial charge in [-0.15, -0.1) is 0 Å². The van der Waals surface area contributed by atoms with Crippen molar-refractivity contribution in [1.29, 1.82) is 0 Å². The summed E-state index contributed by atoms with van der Waals surface area (Å²) in [5, 5.41) is 0. The lowest BCUT2D eigenvalue weighted by Crippen LogP contribution is -2.40. The number of nitrogens with zero attached hydrogens (tertiary/aromatic N) is 1. The first-order valence-electron chi connectivity index (χ1n) is 8.45. The number of benzene rings is 2. The van der Waals surface area contributed by atoms with Crippen LogP contribution in [-0.2, 0) is 9.59 Å². The first-order valence-corrected chi connectivity index (χ1v) is 8.45. The highest BCUT2D eigenvalue weighted by Crippen LogP contribution is 2.47. The number of aryl methyl sites for hydroxylation is 1. The van der Waals surface area contributed by atoms with Gasteiger partial charge < -0.3 is 4.74 Å². The quantitative estimate of drug-likeness (QED) is 0.471. The number of ether oxygens (including phenoxy) is 1. The molecule has 0 aliphatic carbocycles. The van der Waals surface area contributed by atoms with Gasteiger partial charge in [-0.1, -0.05) is 6.07 Å². The van der Waals surface area contributed by atoms with Crippen molar-refractivity contribution in [1.82, 2.24) is 0 Å². The van der Waals surface area contributed by atoms with Crippen molar-refractivity contribution >= 4 is 17.5 Å². The summed E-state index contributed by atoms with van der Waals surface area (Å²) >= 11 is 0. The summed E-state index contributed by atoms with van der Waals surface area (Å²) in [5.74, 6) is -6.20. The molecule has 2 aromatic rings. The van der Waals surface area contributed by atoms with Gasteiger partial charge in [-0.2, -0.15) is 22.0 Å². The first-order chi connectivity index (χ1) is 13.9. The van der Waals surface area contributed by atoms with Crippen molar-refractivity contribution in [3.8, 4) is 11.5 Å². The van der Waals surface area contributed by atoms with E-state index in [9.17, 15) is 35.9 Å². The van der Waals surface area contributed by atoms with Crippen molar-refractivity contribution in [2.24, 2.45) is 0 Å². The third kappa shape index (κ3) is 3.89. The largest absolute Gasteiger partial charge is 0.457 e. The predicted molar refractivity (Wildman–Crippen MR) is 94.2 cm³/mol. The molecule has 4 nitrogen and oxygen atoms in total. The molecule has 1 aliphatic rings. The second-order valence-electron chi connectivity index (χ2n) is 6.45. The summed E-state index contributed by atoms with van der Waals surface area (Å²) in [4.78, 5) is 24.3. The second kappa shape index (κ2) is 7.51. The Hall–Kier alpha value is -3.30. The van der Waals surface area contributed by atoms with Gasteiger partial charge in [-0.3, -0.25) is 9.59 Å². The molecule has 1 unspecified atom stereocenters. The van der Waals surface area contributed by atoms with Crippen LogP contribution in [0, 0.1) is 6.92 Å². The molecular formula is C20H13F6NO3. The summed E-state index contributed by atoms with van der Waals surface area (Å²) in [6.45, 7) is 1.36. The number of imide groups is 1. The summed E-state index contributed by atoms with van der Waals surface area (Å²) in [7, 11) is 0. The molecule has 10 heteroatoms. The van der Waals surface area contributed by atoms with Crippen LogP contribution in [0.5, 0.6) is 11.5 Å². The van der Waals surface area contributed by atoms with Crippen molar-refractivity contribution in [3.63, 3.8) is 0 Å². The number of hydrogen-bond acceptors (Lipinski definition) is 3. The highest BCUT2D eigenvalue weighted by Gasteiger charge is 2.63. The number of halogens is 6. The van der Waals surface area contributed by atoms with Gasteiger partial charge in [0.25, 0.3) is 11.8 Å². The van der Waals surface area contributed by atoms with Crippen molar-refractivity contribution in [2.75, 3.05) is 4.90 Å². The minimum atomic E-state index is -6.02. The van der Waals surface area contributed by atoms with Gasteiger partial charge in [0.15, 0.2) is 6.17 Å². The number of amides is 2. The smallest absolute Gasteiger partial charge is 0.456 e. The lowest BCUT2D eigenvalue weighted by atomic mass is 10.0. The van der Waals surface area contributed by atoms with Crippen LogP contribution >= 0.6 is 0 Å². The molecule has 0 bridgehead atoms. The van der Waals surface area contributed by atoms with Gasteiger partial charge >= 0.3 is 12.1 Å². The molecule has 0 spiro atoms. The molecule has 1 aliphatic heterocycles. The molecule has 0 N–H and O–H groups in total. The second-order valence-corrected chi connectivity index (χ2v) is 6.45. The topological polar surface area (TPSA) is 46.6 Å². The highest BCUT2D eigenvalue weighted by molar-refractivity contribution is 6.28. The van der Waals surface area contributed by atoms with Gasteiger partial charge in [0.05, 0.1) is 5.69 Å². The number of rotatable bonds is 5. The summed E-state index contributed by atoms with van der Waals surface area (Å²) < 4.78 is 82.9. The van der Waals surface area contributed by atoms with E-state index in [1.807, 2.05) is 0 Å². The van der Waals surface area contributed by atoms with Crippen molar-refractivity contribution in [2.45, 2.75) is 25.2 Å². The number of carbonyl (C=O) groups is 2. The van der Waals surface area contributed by atoms with Crippen LogP contribution in [-0.4, -0.2) is 23.9 Å². The predicted octanol–water partition coefficient (Wildman–Crippen LogP) is 5.42. The average Bonchev–Trinajstić information content (AvgIpc) is 3.01. The van der Waals surface area contributed by atoms with Crippen LogP contribution < -0.4 is 9.64 Å². The number of hydrogen-bond donors (Lipinski definition) is 0. The van der Waals surface area contributed by atoms with E-state index in [-0.39, 0.29) is 17.1 Å². The number of alkyl halides is 6. The maximum atomic E-state index is 13.8. The molecule has 3 rings (SSSR count). The average molecular weight is 429 g/mol. The minimum absolute atomic E-state index is 0.101. The Labute approximate surface area is 166 Å². The highest BCUT2D eigenvalue weighted by atomic mass is 19.4. The van der Waals surface area contributed by atoms with E-state index in [2.05, 4.69) is 0 Å². The van der Waals surface area contributed by atoms with Crippen LogP contribution in [0.25, 0.3) is 0 Å². The van der Waals surface area contributed by atoms with E-state index >= 15 is 0 Å². The van der Waals surface area contributed by atoms with E-state index in [0.29, 0.717) is 5.69 Å². The van der Waals surface area contributed by atoms with Crippen LogP contribution in [0.1, 0.15) is 17.3 Å². The molecule has 0 saturated heterocycles. The minimum Gasteiger partial charge on any atom is -0.457 e. The van der Waals surface area contributed by atoms with E-state index in [1.165, 1.54) is 31.2 Å². The van der Waals surface area contributed by atoms with E-state index < -0.39 is 35.6 Å². The molecule has 2 amide bonds. The van der Waals surface area contributed by atoms with Crippen LogP contribution in [0.2, 0.25) is 0 Å². The molecule has 1 atom stereocenters. The van der Waals surface area contributed by atoms with Crippen molar-refractivity contribution in [3.05, 3.63) is 65.7 Å². The number of anilines is 1. The zero-order valence-electron chi connectivity index (χ0n) is 15.2. The molecule has 2 aromatic carbocycles. The van der Waals surface area contributed by atoms with Gasteiger partial charge in [-0.05, 0) is 54.4 Å². The fraction of sp³-hybridized carbons (Fsp3) is 0.200. The lowest BCUT2D eigenvalue weighted by Gasteiger charge is -2.23. The Bertz CT molecular complexity index is 996. The van der Waals surface area contributed by atoms with Gasteiger partial charge in [0, 0.05) is 12.2 Å². The molecule has 30 heavy (non-hydrogen) atoms. The molecule has 0 fully saturated rings. The Morgan fingerprint density at radius 1 is 0.900 bits per heavy atom. The monoisotopic (exact) mass is 429 g/mol. The van der Waals surface area contributed by atoms with Gasteiger partial charge in [0.2, 0.25) is 0 Å². The molecule has 0 radical (unpaired) electrons. The molecular weight excluding hydrogens is 416 g/mol. The summed E-state index contributed by atoms with van der Waals surface area (Å²) in [6.07, 6.45) is -7.34. The maximum Gasteiger partial charge on any atom is 0.456 e. The maximum absolute atomic E-state index is 13.8. The molecule has 1 heterocycles. The van der Waals surface area contributed by atoms with E-state index in [0.717, 1.165) is 35.3 Å². The lowest BCUT2D eigenvalue weighted by molar-refractivity contribution is -0.305. The third-order valence-electron chi connectivity index (χ3n) is 4.32. The third-order valence-corrected chi connectivity index (χ3v) is 4.32. The summed E-state index contributed by atoms with van der Waals surface area (Å²) in [5.41, 5.74) is -0.411. The molecule has 0 aromatic heterocycles. The van der Waals surface area contributed by atoms with E-state index in [1.54, 1.807) is 0 Å². The van der Waals surface area contributed by atoms with E-state index in [4.69, 9.17) is 4.74 Å². The zero-order chi connectivity index (χ0) is 22.3. The zero-order valence-corrected chi connectivity index (χ0v) is 15.2. The van der Waals surface area contributed by atoms with Crippen LogP contribution in [0.3, 0.4) is 0 Å². The Morgan fingerprint density at radius 3 is 1.97 bits per heavy atom. The molecule has 158 valence electrons. The Morgan fingerprint density at radius 2 is 1.47 bits per heavy atom. The van der Waals surface area contributed by atoms with Crippen LogP contribution in [0.4, 0.5) is 32.0 Å². The Balaban J connectivity index is 1.77. The van der Waals surface area contributed by atoms with Crippen LogP contribution in [0.15, 0.2) is 54.6 Å². The standard InChI is InChI=1S/C20H13F6NO3/c1-11-10-12(18(21)19(22,23)20(24,25)26)2-7-15(11)30-14-5-3-13(4-6-14)27-16(28)8-9-17(27)29/h2-10,18H,1H3. The first kappa shape index (κ1) is 21.4. The normalized spacial score (nSPS) is 15.6. The summed E-state index contributed by atoms with van der Waals surface area (Å²) in [6, 6.07) is 8.44. The molecule has 0 saturated carbocycles. The SMILES string of the molecule is Cc1cc(C(F)C(F)(F)C(F)(F)F)ccc1Oc1ccc(N2C(=O)C=CC2=O)cc1. The van der Waals surface area contributed by atoms with Crippen molar-refractivity contribution < 1.29 is 40.7 Å². The Kier molecular flexibility index (Phi) is 5.36.